The van der Waals surface area contributed by atoms with Gasteiger partial charge in [-0.1, -0.05) is 18.2 Å². The first-order chi connectivity index (χ1) is 15.1. The molecule has 0 saturated heterocycles. The molecule has 0 atom stereocenters. The summed E-state index contributed by atoms with van der Waals surface area (Å²) in [6.45, 7) is 5.18. The van der Waals surface area contributed by atoms with Crippen LogP contribution in [0.4, 0.5) is 8.78 Å². The van der Waals surface area contributed by atoms with Crippen LogP contribution in [0.2, 0.25) is 0 Å². The zero-order valence-electron chi connectivity index (χ0n) is 17.8. The molecular weight excluding hydrogens is 412 g/mol. The molecule has 162 valence electrons. The summed E-state index contributed by atoms with van der Waals surface area (Å²) in [5.41, 5.74) is 0.389. The van der Waals surface area contributed by atoms with Crippen molar-refractivity contribution >= 4 is 17.0 Å². The predicted octanol–water partition coefficient (Wildman–Crippen LogP) is 5.06. The Morgan fingerprint density at radius 1 is 0.969 bits per heavy atom. The summed E-state index contributed by atoms with van der Waals surface area (Å²) in [5, 5.41) is 17.9. The average molecular weight is 433 g/mol. The standard InChI is InChI=1S/C25H21F2N3O2/c1-25(2,3)29(32)15-17-14-16(8-13-22(17)27)23-20-6-4-5-7-21(20)24(31)30(28-23)19-11-9-18(26)10-12-19/h4-15H,1-3H3. The molecule has 0 aliphatic carbocycles. The van der Waals surface area contributed by atoms with Crippen molar-refractivity contribution in [3.63, 3.8) is 0 Å². The number of benzene rings is 3. The number of hydrogen-bond acceptors (Lipinski definition) is 3. The van der Waals surface area contributed by atoms with Crippen LogP contribution in [0.1, 0.15) is 26.3 Å². The first kappa shape index (κ1) is 21.4. The van der Waals surface area contributed by atoms with Crippen LogP contribution < -0.4 is 5.56 Å². The molecule has 1 aromatic heterocycles. The first-order valence-corrected chi connectivity index (χ1v) is 10.0. The van der Waals surface area contributed by atoms with Crippen molar-refractivity contribution in [3.05, 3.63) is 99.5 Å². The molecule has 3 aromatic carbocycles. The van der Waals surface area contributed by atoms with Crippen molar-refractivity contribution in [2.45, 2.75) is 26.3 Å². The van der Waals surface area contributed by atoms with E-state index in [1.165, 1.54) is 47.3 Å². The van der Waals surface area contributed by atoms with E-state index in [0.29, 0.717) is 32.5 Å². The smallest absolute Gasteiger partial charge is 0.279 e. The van der Waals surface area contributed by atoms with Crippen molar-refractivity contribution in [1.82, 2.24) is 9.78 Å². The fourth-order valence-electron chi connectivity index (χ4n) is 3.27. The number of aromatic nitrogens is 2. The van der Waals surface area contributed by atoms with Crippen LogP contribution in [0.5, 0.6) is 0 Å². The highest BCUT2D eigenvalue weighted by Crippen LogP contribution is 2.27. The molecule has 0 saturated carbocycles. The monoisotopic (exact) mass is 433 g/mol. The lowest BCUT2D eigenvalue weighted by Crippen LogP contribution is -2.29. The van der Waals surface area contributed by atoms with E-state index < -0.39 is 17.2 Å². The minimum Gasteiger partial charge on any atom is -0.623 e. The number of hydroxylamine groups is 1. The maximum absolute atomic E-state index is 14.5. The molecule has 0 radical (unpaired) electrons. The van der Waals surface area contributed by atoms with Crippen LogP contribution in [-0.4, -0.2) is 26.3 Å². The van der Waals surface area contributed by atoms with Gasteiger partial charge in [-0.25, -0.2) is 13.5 Å². The van der Waals surface area contributed by atoms with E-state index in [2.05, 4.69) is 5.10 Å². The number of fused-ring (bicyclic) bond motifs is 1. The Morgan fingerprint density at radius 3 is 2.28 bits per heavy atom. The molecule has 0 unspecified atom stereocenters. The Balaban J connectivity index is 1.97. The Bertz CT molecular complexity index is 1400. The van der Waals surface area contributed by atoms with E-state index in [4.69, 9.17) is 0 Å². The number of nitrogens with zero attached hydrogens (tertiary/aromatic N) is 3. The second-order valence-electron chi connectivity index (χ2n) is 8.45. The highest BCUT2D eigenvalue weighted by atomic mass is 19.1. The number of rotatable bonds is 3. The van der Waals surface area contributed by atoms with Crippen LogP contribution in [-0.2, 0) is 0 Å². The molecule has 7 heteroatoms. The summed E-state index contributed by atoms with van der Waals surface area (Å²) in [6.07, 6.45) is 1.21. The van der Waals surface area contributed by atoms with Crippen LogP contribution in [0.15, 0.2) is 71.5 Å². The Labute approximate surface area is 183 Å². The molecule has 0 aliphatic rings. The highest BCUT2D eigenvalue weighted by Gasteiger charge is 2.20. The van der Waals surface area contributed by atoms with E-state index in [9.17, 15) is 18.8 Å². The van der Waals surface area contributed by atoms with Crippen LogP contribution in [0.3, 0.4) is 0 Å². The van der Waals surface area contributed by atoms with E-state index in [1.807, 2.05) is 0 Å². The van der Waals surface area contributed by atoms with E-state index in [-0.39, 0.29) is 11.1 Å². The van der Waals surface area contributed by atoms with Gasteiger partial charge in [-0.2, -0.15) is 9.78 Å². The summed E-state index contributed by atoms with van der Waals surface area (Å²) >= 11 is 0. The quantitative estimate of drug-likeness (QED) is 0.196. The maximum atomic E-state index is 14.5. The van der Waals surface area contributed by atoms with Crippen LogP contribution >= 0.6 is 0 Å². The van der Waals surface area contributed by atoms with Gasteiger partial charge in [0.05, 0.1) is 22.3 Å². The molecule has 4 rings (SSSR count). The normalized spacial score (nSPS) is 12.3. The summed E-state index contributed by atoms with van der Waals surface area (Å²) in [7, 11) is 0. The third kappa shape index (κ3) is 4.01. The van der Waals surface area contributed by atoms with E-state index >= 15 is 0 Å². The van der Waals surface area contributed by atoms with Crippen molar-refractivity contribution in [2.24, 2.45) is 0 Å². The molecular formula is C25H21F2N3O2. The Kier molecular flexibility index (Phi) is 5.34. The van der Waals surface area contributed by atoms with E-state index in [0.717, 1.165) is 0 Å². The van der Waals surface area contributed by atoms with Crippen LogP contribution in [0, 0.1) is 16.8 Å². The molecule has 0 amide bonds. The lowest BCUT2D eigenvalue weighted by molar-refractivity contribution is -0.530. The third-order valence-corrected chi connectivity index (χ3v) is 5.06. The molecule has 0 bridgehead atoms. The van der Waals surface area contributed by atoms with Gasteiger partial charge in [0, 0.05) is 31.7 Å². The van der Waals surface area contributed by atoms with Crippen molar-refractivity contribution in [1.29, 1.82) is 0 Å². The predicted molar refractivity (Wildman–Crippen MR) is 121 cm³/mol. The lowest BCUT2D eigenvalue weighted by atomic mass is 10.0. The molecule has 32 heavy (non-hydrogen) atoms. The third-order valence-electron chi connectivity index (χ3n) is 5.06. The van der Waals surface area contributed by atoms with Gasteiger partial charge in [0.1, 0.15) is 11.6 Å². The van der Waals surface area contributed by atoms with Gasteiger partial charge in [0.2, 0.25) is 0 Å². The number of hydrogen-bond donors (Lipinski definition) is 0. The zero-order chi connectivity index (χ0) is 23.0. The lowest BCUT2D eigenvalue weighted by Gasteiger charge is -2.18. The van der Waals surface area contributed by atoms with Gasteiger partial charge in [-0.15, -0.1) is 0 Å². The summed E-state index contributed by atoms with van der Waals surface area (Å²) in [4.78, 5) is 13.1. The van der Waals surface area contributed by atoms with Gasteiger partial charge < -0.3 is 5.21 Å². The fourth-order valence-corrected chi connectivity index (χ4v) is 3.27. The summed E-state index contributed by atoms with van der Waals surface area (Å²) in [5.74, 6) is -0.974. The largest absolute Gasteiger partial charge is 0.623 e. The Hall–Kier alpha value is -3.87. The molecule has 0 spiro atoms. The number of halogens is 2. The molecule has 1 heterocycles. The molecule has 0 fully saturated rings. The second-order valence-corrected chi connectivity index (χ2v) is 8.45. The van der Waals surface area contributed by atoms with Crippen molar-refractivity contribution < 1.29 is 13.5 Å². The zero-order valence-corrected chi connectivity index (χ0v) is 17.8. The highest BCUT2D eigenvalue weighted by molar-refractivity contribution is 5.94. The minimum atomic E-state index is -0.733. The van der Waals surface area contributed by atoms with Crippen molar-refractivity contribution in [3.8, 4) is 16.9 Å². The topological polar surface area (TPSA) is 61.0 Å². The SMILES string of the molecule is CC(C)(C)[N+]([O-])=Cc1cc(-c2nn(-c3ccc(F)cc3)c(=O)c3ccccc23)ccc1F. The fraction of sp³-hybridized carbons (Fsp3) is 0.160. The average Bonchev–Trinajstić information content (AvgIpc) is 2.76. The minimum absolute atomic E-state index is 0.109. The molecule has 0 aliphatic heterocycles. The van der Waals surface area contributed by atoms with Gasteiger partial charge >= 0.3 is 0 Å². The summed E-state index contributed by atoms with van der Waals surface area (Å²) in [6, 6.07) is 16.7. The molecule has 5 nitrogen and oxygen atoms in total. The first-order valence-electron chi connectivity index (χ1n) is 10.0. The van der Waals surface area contributed by atoms with Gasteiger partial charge in [-0.3, -0.25) is 4.79 Å². The summed E-state index contributed by atoms with van der Waals surface area (Å²) < 4.78 is 29.8. The van der Waals surface area contributed by atoms with Crippen LogP contribution in [0.25, 0.3) is 27.7 Å². The molecule has 4 aromatic rings. The second kappa shape index (κ2) is 8.00. The van der Waals surface area contributed by atoms with Crippen molar-refractivity contribution in [2.75, 3.05) is 0 Å². The maximum Gasteiger partial charge on any atom is 0.279 e. The van der Waals surface area contributed by atoms with Gasteiger partial charge in [-0.05, 0) is 48.5 Å². The Morgan fingerprint density at radius 2 is 1.62 bits per heavy atom. The van der Waals surface area contributed by atoms with E-state index in [1.54, 1.807) is 51.1 Å². The molecule has 0 N–H and O–H groups in total. The van der Waals surface area contributed by atoms with Gasteiger partial charge in [0.25, 0.3) is 5.56 Å². The van der Waals surface area contributed by atoms with Gasteiger partial charge in [0.15, 0.2) is 11.8 Å².